The molecule has 0 unspecified atom stereocenters. The van der Waals surface area contributed by atoms with Gasteiger partial charge in [-0.3, -0.25) is 0 Å². The molecular weight excluding hydrogens is 140 g/mol. The second-order valence-electron chi connectivity index (χ2n) is 1.09. The Hall–Kier alpha value is -1.12. The van der Waals surface area contributed by atoms with Crippen molar-refractivity contribution < 1.29 is 0 Å². The molecule has 0 aromatic carbocycles. The molecule has 1 aromatic rings. The van der Waals surface area contributed by atoms with E-state index in [1.807, 2.05) is 27.7 Å². The van der Waals surface area contributed by atoms with Gasteiger partial charge in [-0.1, -0.05) is 27.7 Å². The van der Waals surface area contributed by atoms with Crippen molar-refractivity contribution in [2.45, 2.75) is 27.7 Å². The summed E-state index contributed by atoms with van der Waals surface area (Å²) in [4.78, 5) is 15.8. The molecule has 11 heavy (non-hydrogen) atoms. The molecule has 0 aliphatic heterocycles. The fraction of sp³-hybridized carbons (Fsp3) is 0.500. The molecule has 0 saturated carbocycles. The molecule has 0 spiro atoms. The molecule has 3 nitrogen and oxygen atoms in total. The number of nitrogens with one attached hydrogen (secondary N) is 1. The number of aromatic nitrogens is 2. The average molecular weight is 156 g/mol. The van der Waals surface area contributed by atoms with E-state index < -0.39 is 0 Å². The van der Waals surface area contributed by atoms with Crippen molar-refractivity contribution in [2.24, 2.45) is 0 Å². The van der Waals surface area contributed by atoms with E-state index in [1.165, 1.54) is 12.4 Å². The predicted molar refractivity (Wildman–Crippen MR) is 47.6 cm³/mol. The summed E-state index contributed by atoms with van der Waals surface area (Å²) in [5.74, 6) is 0. The first-order chi connectivity index (χ1) is 5.39. The number of hydrogen-bond donors (Lipinski definition) is 1. The Morgan fingerprint density at radius 3 is 2.00 bits per heavy atom. The van der Waals surface area contributed by atoms with Gasteiger partial charge in [-0.15, -0.1) is 0 Å². The van der Waals surface area contributed by atoms with Gasteiger partial charge in [-0.2, -0.15) is 0 Å². The van der Waals surface area contributed by atoms with Gasteiger partial charge in [0.1, 0.15) is 0 Å². The van der Waals surface area contributed by atoms with Crippen LogP contribution < -0.4 is 5.69 Å². The van der Waals surface area contributed by atoms with Crippen LogP contribution in [0.3, 0.4) is 0 Å². The SMILES string of the molecule is CC.CC.O=c1nccc[nH]1. The largest absolute Gasteiger partial charge is 0.344 e. The third-order valence-electron chi connectivity index (χ3n) is 0.581. The van der Waals surface area contributed by atoms with Gasteiger partial charge in [0.15, 0.2) is 0 Å². The summed E-state index contributed by atoms with van der Waals surface area (Å²) in [7, 11) is 0. The van der Waals surface area contributed by atoms with Crippen LogP contribution in [0.4, 0.5) is 0 Å². The topological polar surface area (TPSA) is 45.8 Å². The lowest BCUT2D eigenvalue weighted by Gasteiger charge is -1.72. The maximum atomic E-state index is 10.1. The monoisotopic (exact) mass is 156 g/mol. The van der Waals surface area contributed by atoms with Crippen molar-refractivity contribution in [3.05, 3.63) is 28.9 Å². The maximum absolute atomic E-state index is 10.1. The highest BCUT2D eigenvalue weighted by atomic mass is 16.1. The van der Waals surface area contributed by atoms with Gasteiger partial charge in [0, 0.05) is 12.4 Å². The molecule has 1 N–H and O–H groups in total. The highest BCUT2D eigenvalue weighted by molar-refractivity contribution is 4.75. The molecule has 0 aliphatic carbocycles. The summed E-state index contributed by atoms with van der Waals surface area (Å²) in [6, 6.07) is 1.65. The van der Waals surface area contributed by atoms with Crippen molar-refractivity contribution in [1.29, 1.82) is 0 Å². The van der Waals surface area contributed by atoms with Gasteiger partial charge < -0.3 is 4.98 Å². The molecule has 3 heteroatoms. The van der Waals surface area contributed by atoms with E-state index in [0.29, 0.717) is 0 Å². The Kier molecular flexibility index (Phi) is 13.3. The van der Waals surface area contributed by atoms with E-state index in [4.69, 9.17) is 0 Å². The zero-order valence-corrected chi connectivity index (χ0v) is 7.59. The molecule has 0 aliphatic rings. The molecule has 0 saturated heterocycles. The van der Waals surface area contributed by atoms with Crippen LogP contribution in [-0.4, -0.2) is 9.97 Å². The van der Waals surface area contributed by atoms with E-state index in [-0.39, 0.29) is 5.69 Å². The summed E-state index contributed by atoms with van der Waals surface area (Å²) >= 11 is 0. The Morgan fingerprint density at radius 2 is 1.82 bits per heavy atom. The lowest BCUT2D eigenvalue weighted by atomic mass is 10.7. The van der Waals surface area contributed by atoms with Crippen LogP contribution in [0.5, 0.6) is 0 Å². The Balaban J connectivity index is 0. The normalized spacial score (nSPS) is 6.55. The minimum atomic E-state index is -0.303. The Bertz CT molecular complexity index is 178. The standard InChI is InChI=1S/C4H4N2O.2C2H6/c7-4-5-2-1-3-6-4;2*1-2/h1-3H,(H,5,6,7);2*1-2H3. The molecule has 64 valence electrons. The second-order valence-corrected chi connectivity index (χ2v) is 1.09. The average Bonchev–Trinajstić information content (AvgIpc) is 2.13. The van der Waals surface area contributed by atoms with Crippen LogP contribution in [0.2, 0.25) is 0 Å². The lowest BCUT2D eigenvalue weighted by molar-refractivity contribution is 1.08. The van der Waals surface area contributed by atoms with Crippen molar-refractivity contribution in [3.63, 3.8) is 0 Å². The van der Waals surface area contributed by atoms with Gasteiger partial charge in [0.2, 0.25) is 0 Å². The Labute approximate surface area is 67.5 Å². The highest BCUT2D eigenvalue weighted by Gasteiger charge is 1.70. The van der Waals surface area contributed by atoms with Gasteiger partial charge in [-0.25, -0.2) is 9.78 Å². The highest BCUT2D eigenvalue weighted by Crippen LogP contribution is 1.61. The quantitative estimate of drug-likeness (QED) is 0.622. The number of H-pyrrole nitrogens is 1. The first-order valence-corrected chi connectivity index (χ1v) is 3.89. The first-order valence-electron chi connectivity index (χ1n) is 3.89. The van der Waals surface area contributed by atoms with Gasteiger partial charge >= 0.3 is 5.69 Å². The van der Waals surface area contributed by atoms with Crippen LogP contribution in [0.15, 0.2) is 23.3 Å². The van der Waals surface area contributed by atoms with Gasteiger partial charge in [0.25, 0.3) is 0 Å². The molecule has 0 fully saturated rings. The molecule has 0 radical (unpaired) electrons. The van der Waals surface area contributed by atoms with E-state index in [0.717, 1.165) is 0 Å². The first kappa shape index (κ1) is 12.5. The summed E-state index contributed by atoms with van der Waals surface area (Å²) in [5.41, 5.74) is -0.303. The van der Waals surface area contributed by atoms with Gasteiger partial charge in [-0.05, 0) is 6.07 Å². The summed E-state index contributed by atoms with van der Waals surface area (Å²) in [5, 5.41) is 0. The number of hydrogen-bond acceptors (Lipinski definition) is 2. The van der Waals surface area contributed by atoms with Crippen LogP contribution >= 0.6 is 0 Å². The fourth-order valence-electron chi connectivity index (χ4n) is 0.310. The smallest absolute Gasteiger partial charge is 0.313 e. The molecule has 1 aromatic heterocycles. The van der Waals surface area contributed by atoms with E-state index in [9.17, 15) is 4.79 Å². The van der Waals surface area contributed by atoms with Crippen LogP contribution in [0.1, 0.15) is 27.7 Å². The van der Waals surface area contributed by atoms with Crippen molar-refractivity contribution in [1.82, 2.24) is 9.97 Å². The van der Waals surface area contributed by atoms with Crippen molar-refractivity contribution >= 4 is 0 Å². The minimum Gasteiger partial charge on any atom is -0.313 e. The van der Waals surface area contributed by atoms with Crippen LogP contribution in [0, 0.1) is 0 Å². The zero-order valence-electron chi connectivity index (χ0n) is 7.59. The summed E-state index contributed by atoms with van der Waals surface area (Å²) in [6.45, 7) is 8.00. The van der Waals surface area contributed by atoms with Gasteiger partial charge in [0.05, 0.1) is 0 Å². The summed E-state index contributed by atoms with van der Waals surface area (Å²) in [6.07, 6.45) is 2.98. The van der Waals surface area contributed by atoms with E-state index in [2.05, 4.69) is 9.97 Å². The number of nitrogens with zero attached hydrogens (tertiary/aromatic N) is 1. The fourth-order valence-corrected chi connectivity index (χ4v) is 0.310. The van der Waals surface area contributed by atoms with Crippen molar-refractivity contribution in [3.8, 4) is 0 Å². The summed E-state index contributed by atoms with van der Waals surface area (Å²) < 4.78 is 0. The second kappa shape index (κ2) is 11.6. The van der Waals surface area contributed by atoms with E-state index >= 15 is 0 Å². The molecule has 0 amide bonds. The molecule has 1 heterocycles. The zero-order chi connectivity index (χ0) is 9.11. The number of aromatic amines is 1. The predicted octanol–water partition coefficient (Wildman–Crippen LogP) is 1.82. The molecule has 0 bridgehead atoms. The Morgan fingerprint density at radius 1 is 1.27 bits per heavy atom. The van der Waals surface area contributed by atoms with Crippen LogP contribution in [0.25, 0.3) is 0 Å². The molecule has 0 atom stereocenters. The molecule has 1 rings (SSSR count). The number of rotatable bonds is 0. The van der Waals surface area contributed by atoms with E-state index in [1.54, 1.807) is 6.07 Å². The molecular formula is C8H16N2O. The maximum Gasteiger partial charge on any atom is 0.344 e. The third kappa shape index (κ3) is 8.88. The lowest BCUT2D eigenvalue weighted by Crippen LogP contribution is -2.05. The van der Waals surface area contributed by atoms with Crippen molar-refractivity contribution in [2.75, 3.05) is 0 Å². The van der Waals surface area contributed by atoms with Crippen LogP contribution in [-0.2, 0) is 0 Å². The minimum absolute atomic E-state index is 0.303. The third-order valence-corrected chi connectivity index (χ3v) is 0.581.